The summed E-state index contributed by atoms with van der Waals surface area (Å²) < 4.78 is 0. The molecule has 0 aliphatic rings. The van der Waals surface area contributed by atoms with Crippen molar-refractivity contribution < 1.29 is 15.0 Å². The van der Waals surface area contributed by atoms with Crippen LogP contribution in [0.15, 0.2) is 18.2 Å². The second-order valence-electron chi connectivity index (χ2n) is 5.45. The summed E-state index contributed by atoms with van der Waals surface area (Å²) in [5, 5.41) is 22.7. The number of carbonyl (C=O) groups excluding carboxylic acids is 1. The van der Waals surface area contributed by atoms with Gasteiger partial charge in [-0.25, -0.2) is 0 Å². The Morgan fingerprint density at radius 1 is 1.40 bits per heavy atom. The Morgan fingerprint density at radius 2 is 2.00 bits per heavy atom. The number of aliphatic hydroxyl groups excluding tert-OH is 2. The maximum Gasteiger partial charge on any atom is 0.249 e. The van der Waals surface area contributed by atoms with E-state index in [0.717, 1.165) is 0 Å². The molecule has 1 amide bonds. The number of benzene rings is 1. The number of aliphatic hydroxyl groups is 2. The Morgan fingerprint density at radius 3 is 2.50 bits per heavy atom. The molecule has 0 fully saturated rings. The predicted molar refractivity (Wildman–Crippen MR) is 79.9 cm³/mol. The lowest BCUT2D eigenvalue weighted by atomic mass is 9.87. The average molecular weight is 320 g/mol. The van der Waals surface area contributed by atoms with E-state index in [0.29, 0.717) is 15.6 Å². The molecule has 2 atom stereocenters. The van der Waals surface area contributed by atoms with Crippen molar-refractivity contribution in [2.75, 3.05) is 6.61 Å². The second-order valence-corrected chi connectivity index (χ2v) is 6.29. The predicted octanol–water partition coefficient (Wildman–Crippen LogP) is 2.55. The number of carbonyl (C=O) groups is 1. The summed E-state index contributed by atoms with van der Waals surface area (Å²) in [6.45, 7) is 4.68. The topological polar surface area (TPSA) is 69.6 Å². The fourth-order valence-corrected chi connectivity index (χ4v) is 2.24. The highest BCUT2D eigenvalue weighted by Crippen LogP contribution is 2.27. The smallest absolute Gasteiger partial charge is 0.249 e. The normalized spacial score (nSPS) is 14.8. The van der Waals surface area contributed by atoms with Crippen molar-refractivity contribution in [1.29, 1.82) is 0 Å². The SMILES string of the molecule is CC(NC(=O)C(O)C(C)(C)CO)c1ccc(Cl)cc1Cl. The zero-order valence-electron chi connectivity index (χ0n) is 11.7. The van der Waals surface area contributed by atoms with Crippen molar-refractivity contribution in [1.82, 2.24) is 5.32 Å². The van der Waals surface area contributed by atoms with Crippen LogP contribution in [-0.4, -0.2) is 28.8 Å². The maximum atomic E-state index is 12.0. The minimum absolute atomic E-state index is 0.294. The van der Waals surface area contributed by atoms with Crippen LogP contribution in [0.2, 0.25) is 10.0 Å². The van der Waals surface area contributed by atoms with Gasteiger partial charge >= 0.3 is 0 Å². The number of hydrogen-bond acceptors (Lipinski definition) is 3. The van der Waals surface area contributed by atoms with Gasteiger partial charge in [0.2, 0.25) is 5.91 Å². The van der Waals surface area contributed by atoms with Gasteiger partial charge in [0.25, 0.3) is 0 Å². The minimum Gasteiger partial charge on any atom is -0.396 e. The third-order valence-corrected chi connectivity index (χ3v) is 3.75. The molecule has 0 aliphatic carbocycles. The number of halogens is 2. The summed E-state index contributed by atoms with van der Waals surface area (Å²) in [5.74, 6) is -0.553. The molecule has 0 bridgehead atoms. The first-order chi connectivity index (χ1) is 9.19. The molecule has 0 saturated heterocycles. The van der Waals surface area contributed by atoms with E-state index >= 15 is 0 Å². The lowest BCUT2D eigenvalue weighted by Crippen LogP contribution is -2.46. The second kappa shape index (κ2) is 6.76. The largest absolute Gasteiger partial charge is 0.396 e. The minimum atomic E-state index is -1.30. The van der Waals surface area contributed by atoms with Crippen LogP contribution in [0, 0.1) is 5.41 Å². The van der Waals surface area contributed by atoms with E-state index in [4.69, 9.17) is 28.3 Å². The molecule has 3 N–H and O–H groups in total. The Balaban J connectivity index is 2.80. The first-order valence-electron chi connectivity index (χ1n) is 6.23. The first-order valence-corrected chi connectivity index (χ1v) is 6.99. The number of amides is 1. The molecule has 0 aliphatic heterocycles. The van der Waals surface area contributed by atoms with Crippen molar-refractivity contribution in [3.05, 3.63) is 33.8 Å². The van der Waals surface area contributed by atoms with Crippen LogP contribution in [0.5, 0.6) is 0 Å². The molecule has 1 aromatic carbocycles. The molecule has 0 saturated carbocycles. The fourth-order valence-electron chi connectivity index (χ4n) is 1.66. The molecule has 0 aromatic heterocycles. The van der Waals surface area contributed by atoms with Gasteiger partial charge in [0.05, 0.1) is 12.6 Å². The lowest BCUT2D eigenvalue weighted by molar-refractivity contribution is -0.137. The van der Waals surface area contributed by atoms with Gasteiger partial charge in [-0.15, -0.1) is 0 Å². The molecule has 20 heavy (non-hydrogen) atoms. The molecule has 0 heterocycles. The van der Waals surface area contributed by atoms with Crippen molar-refractivity contribution in [3.63, 3.8) is 0 Å². The third-order valence-electron chi connectivity index (χ3n) is 3.18. The fraction of sp³-hybridized carbons (Fsp3) is 0.500. The Bertz CT molecular complexity index is 491. The van der Waals surface area contributed by atoms with Gasteiger partial charge in [-0.05, 0) is 24.6 Å². The summed E-state index contributed by atoms with van der Waals surface area (Å²) >= 11 is 11.9. The van der Waals surface area contributed by atoms with Crippen LogP contribution >= 0.6 is 23.2 Å². The standard InChI is InChI=1S/C14H19Cl2NO3/c1-8(10-5-4-9(15)6-11(10)16)17-13(20)12(19)14(2,3)7-18/h4-6,8,12,18-19H,7H2,1-3H3,(H,17,20). The maximum absolute atomic E-state index is 12.0. The van der Waals surface area contributed by atoms with Gasteiger partial charge in [-0.2, -0.15) is 0 Å². The Labute approximate surface area is 128 Å². The van der Waals surface area contributed by atoms with Crippen LogP contribution in [0.25, 0.3) is 0 Å². The van der Waals surface area contributed by atoms with Gasteiger partial charge in [-0.3, -0.25) is 4.79 Å². The molecule has 6 heteroatoms. The van der Waals surface area contributed by atoms with E-state index in [1.165, 1.54) is 0 Å². The summed E-state index contributed by atoms with van der Waals surface area (Å²) in [5.41, 5.74) is -0.202. The van der Waals surface area contributed by atoms with Gasteiger partial charge in [0, 0.05) is 15.5 Å². The lowest BCUT2D eigenvalue weighted by Gasteiger charge is -2.28. The van der Waals surface area contributed by atoms with E-state index in [1.807, 2.05) is 0 Å². The van der Waals surface area contributed by atoms with Crippen LogP contribution in [-0.2, 0) is 4.79 Å². The highest BCUT2D eigenvalue weighted by Gasteiger charge is 2.33. The molecular weight excluding hydrogens is 301 g/mol. The van der Waals surface area contributed by atoms with Crippen molar-refractivity contribution >= 4 is 29.1 Å². The Kier molecular flexibility index (Phi) is 5.83. The molecule has 0 spiro atoms. The van der Waals surface area contributed by atoms with E-state index < -0.39 is 17.4 Å². The van der Waals surface area contributed by atoms with Crippen molar-refractivity contribution in [3.8, 4) is 0 Å². The number of nitrogens with one attached hydrogen (secondary N) is 1. The summed E-state index contributed by atoms with van der Waals surface area (Å²) in [6.07, 6.45) is -1.30. The van der Waals surface area contributed by atoms with Crippen LogP contribution in [0.1, 0.15) is 32.4 Å². The highest BCUT2D eigenvalue weighted by molar-refractivity contribution is 6.35. The number of hydrogen-bond donors (Lipinski definition) is 3. The quantitative estimate of drug-likeness (QED) is 0.781. The first kappa shape index (κ1) is 17.2. The monoisotopic (exact) mass is 319 g/mol. The summed E-state index contributed by atoms with van der Waals surface area (Å²) in [7, 11) is 0. The van der Waals surface area contributed by atoms with Crippen molar-refractivity contribution in [2.24, 2.45) is 5.41 Å². The molecule has 1 rings (SSSR count). The highest BCUT2D eigenvalue weighted by atomic mass is 35.5. The molecule has 1 aromatic rings. The Hall–Kier alpha value is -0.810. The van der Waals surface area contributed by atoms with Crippen LogP contribution in [0.4, 0.5) is 0 Å². The summed E-state index contributed by atoms with van der Waals surface area (Å²) in [6, 6.07) is 4.62. The van der Waals surface area contributed by atoms with E-state index in [1.54, 1.807) is 39.0 Å². The van der Waals surface area contributed by atoms with Gasteiger partial charge < -0.3 is 15.5 Å². The zero-order valence-corrected chi connectivity index (χ0v) is 13.2. The summed E-state index contributed by atoms with van der Waals surface area (Å²) in [4.78, 5) is 12.0. The molecule has 0 radical (unpaired) electrons. The van der Waals surface area contributed by atoms with Gasteiger partial charge in [0.15, 0.2) is 0 Å². The number of rotatable bonds is 5. The molecular formula is C14H19Cl2NO3. The average Bonchev–Trinajstić information content (AvgIpc) is 2.37. The van der Waals surface area contributed by atoms with Gasteiger partial charge in [-0.1, -0.05) is 43.1 Å². The van der Waals surface area contributed by atoms with E-state index in [2.05, 4.69) is 5.32 Å². The van der Waals surface area contributed by atoms with Crippen molar-refractivity contribution in [2.45, 2.75) is 32.9 Å². The molecule has 112 valence electrons. The van der Waals surface area contributed by atoms with Gasteiger partial charge in [0.1, 0.15) is 6.10 Å². The molecule has 4 nitrogen and oxygen atoms in total. The third kappa shape index (κ3) is 4.09. The zero-order chi connectivity index (χ0) is 15.5. The van der Waals surface area contributed by atoms with E-state index in [9.17, 15) is 9.90 Å². The van der Waals surface area contributed by atoms with Crippen LogP contribution < -0.4 is 5.32 Å². The van der Waals surface area contributed by atoms with E-state index in [-0.39, 0.29) is 12.6 Å². The molecule has 2 unspecified atom stereocenters. The van der Waals surface area contributed by atoms with Crippen LogP contribution in [0.3, 0.4) is 0 Å².